The van der Waals surface area contributed by atoms with E-state index in [1.165, 1.54) is 0 Å². The van der Waals surface area contributed by atoms with E-state index in [2.05, 4.69) is 4.57 Å². The fourth-order valence-corrected chi connectivity index (χ4v) is 5.99. The van der Waals surface area contributed by atoms with Gasteiger partial charge in [0.15, 0.2) is 5.82 Å². The molecule has 0 radical (unpaired) electrons. The van der Waals surface area contributed by atoms with Crippen LogP contribution in [0.2, 0.25) is 0 Å². The lowest BCUT2D eigenvalue weighted by Gasteiger charge is -2.46. The molecule has 2 fully saturated rings. The SMILES string of the molecule is CCOC(=O)CCN(C(N)=O)c1ccc2c(ccn2C2CCC3(CC2)CCN(C(=O)OC(C)(C)C)CC3)c1F. The Kier molecular flexibility index (Phi) is 8.42. The lowest BCUT2D eigenvalue weighted by Crippen LogP contribution is -2.46. The molecule has 0 unspecified atom stereocenters. The minimum Gasteiger partial charge on any atom is -0.466 e. The number of amides is 3. The number of primary amides is 1. The Bertz CT molecular complexity index is 1200. The van der Waals surface area contributed by atoms with Gasteiger partial charge in [-0.3, -0.25) is 9.69 Å². The summed E-state index contributed by atoms with van der Waals surface area (Å²) in [6, 6.07) is 4.53. The second-order valence-corrected chi connectivity index (χ2v) is 11.8. The molecule has 1 aliphatic heterocycles. The summed E-state index contributed by atoms with van der Waals surface area (Å²) in [6.45, 7) is 8.95. The molecule has 0 bridgehead atoms. The number of ether oxygens (including phenoxy) is 2. The lowest BCUT2D eigenvalue weighted by atomic mass is 9.67. The molecule has 10 heteroatoms. The molecule has 1 spiro atoms. The van der Waals surface area contributed by atoms with Gasteiger partial charge in [0.2, 0.25) is 0 Å². The molecule has 39 heavy (non-hydrogen) atoms. The highest BCUT2D eigenvalue weighted by Gasteiger charge is 2.40. The summed E-state index contributed by atoms with van der Waals surface area (Å²) in [4.78, 5) is 39.2. The molecule has 1 aromatic carbocycles. The van der Waals surface area contributed by atoms with Crippen LogP contribution < -0.4 is 10.6 Å². The van der Waals surface area contributed by atoms with Crippen LogP contribution in [0.15, 0.2) is 24.4 Å². The Morgan fingerprint density at radius 3 is 2.36 bits per heavy atom. The van der Waals surface area contributed by atoms with Crippen molar-refractivity contribution in [1.29, 1.82) is 0 Å². The fraction of sp³-hybridized carbons (Fsp3) is 0.621. The number of anilines is 1. The number of fused-ring (bicyclic) bond motifs is 1. The van der Waals surface area contributed by atoms with Crippen LogP contribution in [0.25, 0.3) is 10.9 Å². The van der Waals surface area contributed by atoms with Crippen molar-refractivity contribution in [3.8, 4) is 0 Å². The van der Waals surface area contributed by atoms with Gasteiger partial charge in [-0.25, -0.2) is 14.0 Å². The average Bonchev–Trinajstić information content (AvgIpc) is 3.30. The first kappa shape index (κ1) is 28.7. The summed E-state index contributed by atoms with van der Waals surface area (Å²) in [6.07, 6.45) is 7.62. The molecule has 1 aromatic heterocycles. The van der Waals surface area contributed by atoms with Crippen LogP contribution in [-0.4, -0.2) is 59.4 Å². The van der Waals surface area contributed by atoms with Gasteiger partial charge in [-0.05, 0) is 89.8 Å². The lowest BCUT2D eigenvalue weighted by molar-refractivity contribution is -0.142. The Hall–Kier alpha value is -3.30. The number of nitrogens with zero attached hydrogens (tertiary/aromatic N) is 3. The van der Waals surface area contributed by atoms with Crippen LogP contribution >= 0.6 is 0 Å². The Morgan fingerprint density at radius 1 is 1.10 bits per heavy atom. The number of benzene rings is 1. The van der Waals surface area contributed by atoms with E-state index in [0.717, 1.165) is 48.9 Å². The number of hydrogen-bond donors (Lipinski definition) is 1. The molecule has 1 saturated heterocycles. The van der Waals surface area contributed by atoms with Gasteiger partial charge in [0.05, 0.1) is 24.2 Å². The van der Waals surface area contributed by atoms with Crippen molar-refractivity contribution in [1.82, 2.24) is 9.47 Å². The van der Waals surface area contributed by atoms with Crippen LogP contribution in [0, 0.1) is 11.2 Å². The minimum atomic E-state index is -0.827. The molecule has 214 valence electrons. The Morgan fingerprint density at radius 2 is 1.77 bits per heavy atom. The normalized spacial score (nSPS) is 17.8. The van der Waals surface area contributed by atoms with E-state index in [1.807, 2.05) is 37.9 Å². The van der Waals surface area contributed by atoms with Gasteiger partial charge >= 0.3 is 18.1 Å². The second kappa shape index (κ2) is 11.4. The molecule has 2 aliphatic rings. The number of nitrogens with two attached hydrogens (primary N) is 1. The fourth-order valence-electron chi connectivity index (χ4n) is 5.99. The number of piperidine rings is 1. The molecule has 3 amide bonds. The van der Waals surface area contributed by atoms with Crippen molar-refractivity contribution in [2.45, 2.75) is 84.3 Å². The third-order valence-corrected chi connectivity index (χ3v) is 8.10. The summed E-state index contributed by atoms with van der Waals surface area (Å²) in [5.41, 5.74) is 6.08. The summed E-state index contributed by atoms with van der Waals surface area (Å²) in [5, 5.41) is 0.417. The molecule has 2 N–H and O–H groups in total. The first-order valence-electron chi connectivity index (χ1n) is 13.9. The zero-order valence-electron chi connectivity index (χ0n) is 23.5. The Balaban J connectivity index is 1.41. The highest BCUT2D eigenvalue weighted by atomic mass is 19.1. The van der Waals surface area contributed by atoms with Gasteiger partial charge < -0.3 is 24.7 Å². The van der Waals surface area contributed by atoms with Crippen LogP contribution in [0.4, 0.5) is 19.7 Å². The molecule has 1 saturated carbocycles. The largest absolute Gasteiger partial charge is 0.466 e. The predicted octanol–water partition coefficient (Wildman–Crippen LogP) is 5.75. The predicted molar refractivity (Wildman–Crippen MR) is 147 cm³/mol. The third kappa shape index (κ3) is 6.47. The molecule has 4 rings (SSSR count). The maximum absolute atomic E-state index is 15.6. The molecule has 0 atom stereocenters. The summed E-state index contributed by atoms with van der Waals surface area (Å²) in [7, 11) is 0. The number of halogens is 1. The minimum absolute atomic E-state index is 0.0522. The quantitative estimate of drug-likeness (QED) is 0.466. The van der Waals surface area contributed by atoms with Gasteiger partial charge in [-0.15, -0.1) is 0 Å². The first-order chi connectivity index (χ1) is 18.4. The zero-order valence-corrected chi connectivity index (χ0v) is 23.5. The second-order valence-electron chi connectivity index (χ2n) is 11.8. The topological polar surface area (TPSA) is 107 Å². The number of hydrogen-bond acceptors (Lipinski definition) is 5. The van der Waals surface area contributed by atoms with E-state index in [1.54, 1.807) is 19.1 Å². The van der Waals surface area contributed by atoms with Crippen LogP contribution in [-0.2, 0) is 14.3 Å². The number of rotatable bonds is 6. The van der Waals surface area contributed by atoms with Crippen molar-refractivity contribution in [2.75, 3.05) is 31.1 Å². The number of esters is 1. The van der Waals surface area contributed by atoms with Crippen molar-refractivity contribution in [2.24, 2.45) is 11.1 Å². The van der Waals surface area contributed by atoms with Gasteiger partial charge in [0.1, 0.15) is 5.60 Å². The average molecular weight is 545 g/mol. The molecular weight excluding hydrogens is 503 g/mol. The number of carbonyl (C=O) groups excluding carboxylic acids is 3. The maximum Gasteiger partial charge on any atom is 0.410 e. The van der Waals surface area contributed by atoms with Crippen LogP contribution in [0.3, 0.4) is 0 Å². The standard InChI is InChI=1S/C29H41FN4O5/c1-5-38-24(35)11-17-34(26(31)36)23-7-6-22-21(25(23)30)10-16-33(22)20-8-12-29(13-9-20)14-18-32(19-15-29)27(37)39-28(2,3)4/h6-7,10,16,20H,5,8-9,11-15,17-19H2,1-4H3,(H2,31,36). The summed E-state index contributed by atoms with van der Waals surface area (Å²) in [5.74, 6) is -1.00. The number of carbonyl (C=O) groups is 3. The number of urea groups is 1. The van der Waals surface area contributed by atoms with Gasteiger partial charge in [-0.1, -0.05) is 0 Å². The van der Waals surface area contributed by atoms with Crippen molar-refractivity contribution >= 4 is 34.7 Å². The van der Waals surface area contributed by atoms with Crippen molar-refractivity contribution < 1.29 is 28.2 Å². The molecule has 2 aromatic rings. The highest BCUT2D eigenvalue weighted by molar-refractivity contribution is 5.95. The highest BCUT2D eigenvalue weighted by Crippen LogP contribution is 2.48. The molecule has 2 heterocycles. The van der Waals surface area contributed by atoms with Crippen molar-refractivity contribution in [3.05, 3.63) is 30.2 Å². The van der Waals surface area contributed by atoms with E-state index in [-0.39, 0.29) is 42.8 Å². The van der Waals surface area contributed by atoms with E-state index in [4.69, 9.17) is 15.2 Å². The monoisotopic (exact) mass is 544 g/mol. The summed E-state index contributed by atoms with van der Waals surface area (Å²) >= 11 is 0. The molecule has 9 nitrogen and oxygen atoms in total. The van der Waals surface area contributed by atoms with Crippen LogP contribution in [0.5, 0.6) is 0 Å². The van der Waals surface area contributed by atoms with Gasteiger partial charge in [-0.2, -0.15) is 0 Å². The van der Waals surface area contributed by atoms with Gasteiger partial charge in [0.25, 0.3) is 0 Å². The van der Waals surface area contributed by atoms with Crippen LogP contribution in [0.1, 0.15) is 78.7 Å². The smallest absolute Gasteiger partial charge is 0.410 e. The number of likely N-dealkylation sites (tertiary alicyclic amines) is 1. The molecular formula is C29H41FN4O5. The van der Waals surface area contributed by atoms with E-state index >= 15 is 4.39 Å². The number of aromatic nitrogens is 1. The third-order valence-electron chi connectivity index (χ3n) is 8.10. The summed E-state index contributed by atoms with van der Waals surface area (Å²) < 4.78 is 28.2. The van der Waals surface area contributed by atoms with Gasteiger partial charge in [0, 0.05) is 37.3 Å². The first-order valence-corrected chi connectivity index (χ1v) is 13.9. The van der Waals surface area contributed by atoms with Crippen molar-refractivity contribution in [3.63, 3.8) is 0 Å². The van der Waals surface area contributed by atoms with E-state index in [0.29, 0.717) is 18.5 Å². The Labute approximate surface area is 229 Å². The maximum atomic E-state index is 15.6. The molecule has 1 aliphatic carbocycles. The zero-order chi connectivity index (χ0) is 28.4. The van der Waals surface area contributed by atoms with E-state index < -0.39 is 23.4 Å². The van der Waals surface area contributed by atoms with E-state index in [9.17, 15) is 14.4 Å².